The normalized spacial score (nSPS) is 12.4. The molecule has 6 heteroatoms. The molecule has 90 valence electrons. The smallest absolute Gasteiger partial charge is 0.234 e. The molecule has 1 aromatic heterocycles. The molecule has 1 amide bonds. The number of hydrogen-bond donors (Lipinski definition) is 2. The molecule has 0 radical (unpaired) electrons. The van der Waals surface area contributed by atoms with Gasteiger partial charge < -0.3 is 15.4 Å². The van der Waals surface area contributed by atoms with Crippen molar-refractivity contribution in [2.45, 2.75) is 13.0 Å². The van der Waals surface area contributed by atoms with E-state index >= 15 is 0 Å². The Bertz CT molecular complexity index is 303. The highest BCUT2D eigenvalue weighted by molar-refractivity contribution is 7.07. The molecule has 1 atom stereocenters. The monoisotopic (exact) mass is 243 g/mol. The van der Waals surface area contributed by atoms with Crippen LogP contribution in [-0.2, 0) is 9.53 Å². The van der Waals surface area contributed by atoms with E-state index in [9.17, 15) is 4.79 Å². The minimum absolute atomic E-state index is 0.0286. The van der Waals surface area contributed by atoms with Gasteiger partial charge >= 0.3 is 0 Å². The Balaban J connectivity index is 2.16. The van der Waals surface area contributed by atoms with Gasteiger partial charge in [0.2, 0.25) is 5.91 Å². The van der Waals surface area contributed by atoms with E-state index in [-0.39, 0.29) is 11.9 Å². The van der Waals surface area contributed by atoms with Crippen LogP contribution in [0.3, 0.4) is 0 Å². The maximum absolute atomic E-state index is 11.3. The highest BCUT2D eigenvalue weighted by Crippen LogP contribution is 2.10. The number of aromatic nitrogens is 1. The first-order valence-electron chi connectivity index (χ1n) is 5.11. The van der Waals surface area contributed by atoms with Gasteiger partial charge in [-0.3, -0.25) is 4.79 Å². The van der Waals surface area contributed by atoms with Crippen molar-refractivity contribution in [2.24, 2.45) is 0 Å². The lowest BCUT2D eigenvalue weighted by atomic mass is 10.2. The Morgan fingerprint density at radius 2 is 2.50 bits per heavy atom. The first-order valence-corrected chi connectivity index (χ1v) is 6.05. The molecule has 0 bridgehead atoms. The SMILES string of the molecule is COCCNC(=O)CNC(C)c1cscn1. The van der Waals surface area contributed by atoms with Crippen molar-refractivity contribution in [2.75, 3.05) is 26.8 Å². The van der Waals surface area contributed by atoms with Crippen LogP contribution in [0.1, 0.15) is 18.7 Å². The molecule has 16 heavy (non-hydrogen) atoms. The molecular weight excluding hydrogens is 226 g/mol. The number of carbonyl (C=O) groups excluding carboxylic acids is 1. The molecule has 1 rings (SSSR count). The minimum atomic E-state index is -0.0286. The van der Waals surface area contributed by atoms with Gasteiger partial charge in [0.05, 0.1) is 24.4 Å². The lowest BCUT2D eigenvalue weighted by Crippen LogP contribution is -2.36. The number of ether oxygens (including phenoxy) is 1. The van der Waals surface area contributed by atoms with E-state index in [1.807, 2.05) is 12.3 Å². The van der Waals surface area contributed by atoms with Crippen LogP contribution >= 0.6 is 11.3 Å². The van der Waals surface area contributed by atoms with Crippen LogP contribution in [0, 0.1) is 0 Å². The number of rotatable bonds is 7. The predicted octanol–water partition coefficient (Wildman–Crippen LogP) is 0.556. The Hall–Kier alpha value is -0.980. The summed E-state index contributed by atoms with van der Waals surface area (Å²) in [5.74, 6) is -0.0286. The van der Waals surface area contributed by atoms with Gasteiger partial charge in [0.25, 0.3) is 0 Å². The highest BCUT2D eigenvalue weighted by Gasteiger charge is 2.08. The highest BCUT2D eigenvalue weighted by atomic mass is 32.1. The zero-order valence-corrected chi connectivity index (χ0v) is 10.3. The first-order chi connectivity index (χ1) is 7.74. The Labute approximate surface area is 99.2 Å². The number of thiazole rings is 1. The van der Waals surface area contributed by atoms with Gasteiger partial charge in [0.15, 0.2) is 0 Å². The number of amides is 1. The van der Waals surface area contributed by atoms with E-state index in [1.165, 1.54) is 0 Å². The third kappa shape index (κ3) is 4.69. The topological polar surface area (TPSA) is 63.2 Å². The second kappa shape index (κ2) is 7.32. The Morgan fingerprint density at radius 1 is 1.69 bits per heavy atom. The summed E-state index contributed by atoms with van der Waals surface area (Å²) in [6, 6.07) is 0.0967. The van der Waals surface area contributed by atoms with E-state index in [4.69, 9.17) is 4.74 Å². The van der Waals surface area contributed by atoms with Crippen LogP contribution in [0.15, 0.2) is 10.9 Å². The number of nitrogens with zero attached hydrogens (tertiary/aromatic N) is 1. The summed E-state index contributed by atoms with van der Waals surface area (Å²) in [5, 5.41) is 7.82. The number of nitrogens with one attached hydrogen (secondary N) is 2. The molecule has 0 saturated carbocycles. The van der Waals surface area contributed by atoms with Crippen molar-refractivity contribution >= 4 is 17.2 Å². The average molecular weight is 243 g/mol. The number of hydrogen-bond acceptors (Lipinski definition) is 5. The number of carbonyl (C=O) groups is 1. The minimum Gasteiger partial charge on any atom is -0.383 e. The molecule has 1 unspecified atom stereocenters. The number of methoxy groups -OCH3 is 1. The fraction of sp³-hybridized carbons (Fsp3) is 0.600. The van der Waals surface area contributed by atoms with Gasteiger partial charge in [0, 0.05) is 25.1 Å². The zero-order valence-electron chi connectivity index (χ0n) is 9.53. The molecule has 0 aliphatic carbocycles. The summed E-state index contributed by atoms with van der Waals surface area (Å²) in [5.41, 5.74) is 2.75. The summed E-state index contributed by atoms with van der Waals surface area (Å²) < 4.78 is 4.83. The van der Waals surface area contributed by atoms with Gasteiger partial charge in [-0.2, -0.15) is 0 Å². The molecule has 5 nitrogen and oxygen atoms in total. The third-order valence-electron chi connectivity index (χ3n) is 2.09. The molecule has 0 saturated heterocycles. The van der Waals surface area contributed by atoms with Crippen LogP contribution in [-0.4, -0.2) is 37.7 Å². The lowest BCUT2D eigenvalue weighted by Gasteiger charge is -2.11. The average Bonchev–Trinajstić information content (AvgIpc) is 2.79. The van der Waals surface area contributed by atoms with Crippen molar-refractivity contribution in [1.29, 1.82) is 0 Å². The van der Waals surface area contributed by atoms with Gasteiger partial charge in [-0.15, -0.1) is 11.3 Å². The molecule has 1 aromatic rings. The maximum Gasteiger partial charge on any atom is 0.234 e. The molecule has 0 spiro atoms. The fourth-order valence-corrected chi connectivity index (χ4v) is 1.79. The summed E-state index contributed by atoms with van der Waals surface area (Å²) >= 11 is 1.55. The molecular formula is C10H17N3O2S. The van der Waals surface area contributed by atoms with Crippen LogP contribution in [0.25, 0.3) is 0 Å². The molecule has 1 heterocycles. The summed E-state index contributed by atoms with van der Waals surface area (Å²) in [6.45, 7) is 3.36. The maximum atomic E-state index is 11.3. The second-order valence-corrected chi connectivity index (χ2v) is 4.08. The molecule has 2 N–H and O–H groups in total. The van der Waals surface area contributed by atoms with Crippen molar-refractivity contribution in [3.05, 3.63) is 16.6 Å². The van der Waals surface area contributed by atoms with Crippen LogP contribution in [0.4, 0.5) is 0 Å². The van der Waals surface area contributed by atoms with E-state index in [2.05, 4.69) is 15.6 Å². The quantitative estimate of drug-likeness (QED) is 0.687. The van der Waals surface area contributed by atoms with Crippen molar-refractivity contribution in [3.63, 3.8) is 0 Å². The van der Waals surface area contributed by atoms with Crippen LogP contribution in [0.5, 0.6) is 0 Å². The second-order valence-electron chi connectivity index (χ2n) is 3.36. The van der Waals surface area contributed by atoms with Gasteiger partial charge in [-0.05, 0) is 6.92 Å². The van der Waals surface area contributed by atoms with Gasteiger partial charge in [0.1, 0.15) is 0 Å². The van der Waals surface area contributed by atoms with Crippen molar-refractivity contribution < 1.29 is 9.53 Å². The van der Waals surface area contributed by atoms with Crippen LogP contribution in [0.2, 0.25) is 0 Å². The zero-order chi connectivity index (χ0) is 11.8. The molecule has 0 aliphatic rings. The summed E-state index contributed by atoms with van der Waals surface area (Å²) in [6.07, 6.45) is 0. The standard InChI is InChI=1S/C10H17N3O2S/c1-8(9-6-16-7-13-9)12-5-10(14)11-3-4-15-2/h6-8,12H,3-5H2,1-2H3,(H,11,14). The summed E-state index contributed by atoms with van der Waals surface area (Å²) in [4.78, 5) is 15.5. The molecule has 0 aromatic carbocycles. The largest absolute Gasteiger partial charge is 0.383 e. The fourth-order valence-electron chi connectivity index (χ4n) is 1.14. The van der Waals surface area contributed by atoms with E-state index < -0.39 is 0 Å². The predicted molar refractivity (Wildman–Crippen MR) is 63.4 cm³/mol. The van der Waals surface area contributed by atoms with E-state index in [1.54, 1.807) is 24.0 Å². The molecule has 0 aliphatic heterocycles. The summed E-state index contributed by atoms with van der Waals surface area (Å²) in [7, 11) is 1.61. The Kier molecular flexibility index (Phi) is 5.99. The van der Waals surface area contributed by atoms with Crippen LogP contribution < -0.4 is 10.6 Å². The van der Waals surface area contributed by atoms with Crippen molar-refractivity contribution in [1.82, 2.24) is 15.6 Å². The van der Waals surface area contributed by atoms with E-state index in [0.29, 0.717) is 19.7 Å². The Morgan fingerprint density at radius 3 is 3.12 bits per heavy atom. The lowest BCUT2D eigenvalue weighted by molar-refractivity contribution is -0.120. The van der Waals surface area contributed by atoms with Crippen molar-refractivity contribution in [3.8, 4) is 0 Å². The molecule has 0 fully saturated rings. The van der Waals surface area contributed by atoms with Gasteiger partial charge in [-0.25, -0.2) is 4.98 Å². The first kappa shape index (κ1) is 13.1. The van der Waals surface area contributed by atoms with Gasteiger partial charge in [-0.1, -0.05) is 0 Å². The van der Waals surface area contributed by atoms with E-state index in [0.717, 1.165) is 5.69 Å². The third-order valence-corrected chi connectivity index (χ3v) is 2.70.